The summed E-state index contributed by atoms with van der Waals surface area (Å²) in [6.45, 7) is 0.791. The molecule has 1 aliphatic rings. The SMILES string of the molecule is O=CCCC(=O)NOC(=O)C1CCCN1. The molecule has 0 aromatic rings. The highest BCUT2D eigenvalue weighted by molar-refractivity contribution is 5.81. The van der Waals surface area contributed by atoms with Crippen molar-refractivity contribution in [3.05, 3.63) is 0 Å². The van der Waals surface area contributed by atoms with Gasteiger partial charge in [-0.05, 0) is 19.4 Å². The number of amides is 1. The molecule has 0 spiro atoms. The molecule has 0 saturated carbocycles. The average Bonchev–Trinajstić information content (AvgIpc) is 2.76. The van der Waals surface area contributed by atoms with Crippen molar-refractivity contribution >= 4 is 18.2 Å². The molecular weight excluding hydrogens is 200 g/mol. The number of hydroxylamine groups is 1. The van der Waals surface area contributed by atoms with Crippen molar-refractivity contribution in [2.45, 2.75) is 31.7 Å². The first-order valence-electron chi connectivity index (χ1n) is 4.90. The molecule has 0 aliphatic carbocycles. The maximum Gasteiger partial charge on any atom is 0.348 e. The monoisotopic (exact) mass is 214 g/mol. The lowest BCUT2D eigenvalue weighted by Crippen LogP contribution is -2.37. The van der Waals surface area contributed by atoms with Crippen molar-refractivity contribution in [3.63, 3.8) is 0 Å². The van der Waals surface area contributed by atoms with Gasteiger partial charge >= 0.3 is 5.97 Å². The van der Waals surface area contributed by atoms with E-state index in [4.69, 9.17) is 0 Å². The normalized spacial score (nSPS) is 19.6. The lowest BCUT2D eigenvalue weighted by atomic mass is 10.2. The van der Waals surface area contributed by atoms with Gasteiger partial charge in [-0.3, -0.25) is 4.79 Å². The van der Waals surface area contributed by atoms with Crippen molar-refractivity contribution in [2.24, 2.45) is 0 Å². The van der Waals surface area contributed by atoms with Gasteiger partial charge in [-0.15, -0.1) is 0 Å². The summed E-state index contributed by atoms with van der Waals surface area (Å²) in [5, 5.41) is 2.94. The fourth-order valence-electron chi connectivity index (χ4n) is 1.31. The maximum atomic E-state index is 11.3. The molecule has 1 unspecified atom stereocenters. The van der Waals surface area contributed by atoms with Crippen LogP contribution in [0.2, 0.25) is 0 Å². The van der Waals surface area contributed by atoms with Crippen LogP contribution < -0.4 is 10.8 Å². The molecule has 1 aliphatic heterocycles. The number of aldehydes is 1. The van der Waals surface area contributed by atoms with Gasteiger partial charge in [-0.25, -0.2) is 4.79 Å². The van der Waals surface area contributed by atoms with E-state index >= 15 is 0 Å². The van der Waals surface area contributed by atoms with Crippen molar-refractivity contribution in [2.75, 3.05) is 6.54 Å². The molecule has 1 atom stereocenters. The number of rotatable bonds is 4. The van der Waals surface area contributed by atoms with E-state index in [1.165, 1.54) is 0 Å². The molecule has 0 bridgehead atoms. The molecule has 0 aromatic heterocycles. The first-order valence-corrected chi connectivity index (χ1v) is 4.90. The Morgan fingerprint density at radius 1 is 1.53 bits per heavy atom. The van der Waals surface area contributed by atoms with Gasteiger partial charge in [0.05, 0.1) is 0 Å². The second-order valence-corrected chi connectivity index (χ2v) is 3.30. The molecule has 0 aromatic carbocycles. The largest absolute Gasteiger partial charge is 0.348 e. The van der Waals surface area contributed by atoms with Crippen molar-refractivity contribution in [1.82, 2.24) is 10.8 Å². The molecule has 1 fully saturated rings. The quantitative estimate of drug-likeness (QED) is 0.477. The first kappa shape index (κ1) is 11.6. The Labute approximate surface area is 87.3 Å². The zero-order valence-corrected chi connectivity index (χ0v) is 8.32. The highest BCUT2D eigenvalue weighted by atomic mass is 16.7. The predicted octanol–water partition coefficient (Wildman–Crippen LogP) is -0.708. The number of hydrogen-bond donors (Lipinski definition) is 2. The fourth-order valence-corrected chi connectivity index (χ4v) is 1.31. The molecule has 6 heteroatoms. The van der Waals surface area contributed by atoms with Crippen LogP contribution >= 0.6 is 0 Å². The highest BCUT2D eigenvalue weighted by Gasteiger charge is 2.24. The van der Waals surface area contributed by atoms with E-state index in [1.807, 2.05) is 5.48 Å². The third-order valence-electron chi connectivity index (χ3n) is 2.10. The summed E-state index contributed by atoms with van der Waals surface area (Å²) in [7, 11) is 0. The minimum atomic E-state index is -0.480. The van der Waals surface area contributed by atoms with Crippen molar-refractivity contribution < 1.29 is 19.2 Å². The molecule has 6 nitrogen and oxygen atoms in total. The third-order valence-corrected chi connectivity index (χ3v) is 2.10. The van der Waals surface area contributed by atoms with E-state index < -0.39 is 11.9 Å². The van der Waals surface area contributed by atoms with Crippen LogP contribution in [0.15, 0.2) is 0 Å². The zero-order chi connectivity index (χ0) is 11.1. The average molecular weight is 214 g/mol. The van der Waals surface area contributed by atoms with Gasteiger partial charge in [0.1, 0.15) is 12.3 Å². The zero-order valence-electron chi connectivity index (χ0n) is 8.32. The van der Waals surface area contributed by atoms with Crippen LogP contribution in [0, 0.1) is 0 Å². The van der Waals surface area contributed by atoms with Crippen LogP contribution in [0.4, 0.5) is 0 Å². The highest BCUT2D eigenvalue weighted by Crippen LogP contribution is 2.05. The second kappa shape index (κ2) is 6.13. The molecule has 1 amide bonds. The number of carbonyl (C=O) groups is 3. The Morgan fingerprint density at radius 2 is 2.33 bits per heavy atom. The Balaban J connectivity index is 2.15. The summed E-state index contributed by atoms with van der Waals surface area (Å²) in [5.41, 5.74) is 2.01. The van der Waals surface area contributed by atoms with E-state index in [9.17, 15) is 14.4 Å². The van der Waals surface area contributed by atoms with Gasteiger partial charge in [-0.2, -0.15) is 5.48 Å². The summed E-state index contributed by atoms with van der Waals surface area (Å²) in [6.07, 6.45) is 2.46. The van der Waals surface area contributed by atoms with E-state index in [2.05, 4.69) is 10.2 Å². The summed E-state index contributed by atoms with van der Waals surface area (Å²) in [4.78, 5) is 36.7. The fraction of sp³-hybridized carbons (Fsp3) is 0.667. The van der Waals surface area contributed by atoms with Gasteiger partial charge < -0.3 is 14.9 Å². The Bertz CT molecular complexity index is 248. The van der Waals surface area contributed by atoms with Gasteiger partial charge in [0.15, 0.2) is 0 Å². The molecule has 84 valence electrons. The minimum Gasteiger partial charge on any atom is -0.339 e. The number of hydrogen-bond acceptors (Lipinski definition) is 5. The lowest BCUT2D eigenvalue weighted by molar-refractivity contribution is -0.160. The smallest absolute Gasteiger partial charge is 0.339 e. The first-order chi connectivity index (χ1) is 7.24. The topological polar surface area (TPSA) is 84.5 Å². The van der Waals surface area contributed by atoms with Crippen LogP contribution in [0.5, 0.6) is 0 Å². The Kier molecular flexibility index (Phi) is 4.76. The third kappa shape index (κ3) is 4.07. The molecule has 1 heterocycles. The standard InChI is InChI=1S/C9H14N2O4/c12-6-2-4-8(13)11-15-9(14)7-3-1-5-10-7/h6-7,10H,1-5H2,(H,11,13). The van der Waals surface area contributed by atoms with Gasteiger partial charge in [0.25, 0.3) is 5.91 Å². The van der Waals surface area contributed by atoms with Gasteiger partial charge in [-0.1, -0.05) is 0 Å². The summed E-state index contributed by atoms with van der Waals surface area (Å²) >= 11 is 0. The van der Waals surface area contributed by atoms with E-state index in [0.717, 1.165) is 19.4 Å². The molecular formula is C9H14N2O4. The van der Waals surface area contributed by atoms with Gasteiger partial charge in [0, 0.05) is 12.8 Å². The van der Waals surface area contributed by atoms with Crippen LogP contribution in [-0.2, 0) is 19.2 Å². The minimum absolute atomic E-state index is 0.0366. The number of nitrogens with one attached hydrogen (secondary N) is 2. The van der Waals surface area contributed by atoms with Crippen molar-refractivity contribution in [3.8, 4) is 0 Å². The van der Waals surface area contributed by atoms with Gasteiger partial charge in [0.2, 0.25) is 0 Å². The predicted molar refractivity (Wildman–Crippen MR) is 50.6 cm³/mol. The van der Waals surface area contributed by atoms with Crippen LogP contribution in [0.25, 0.3) is 0 Å². The number of carbonyl (C=O) groups excluding carboxylic acids is 3. The summed E-state index contributed by atoms with van der Waals surface area (Å²) < 4.78 is 0. The molecule has 1 rings (SSSR count). The van der Waals surface area contributed by atoms with Crippen LogP contribution in [-0.4, -0.2) is 30.7 Å². The summed E-state index contributed by atoms with van der Waals surface area (Å²) in [6, 6.07) is -0.323. The van der Waals surface area contributed by atoms with Crippen LogP contribution in [0.3, 0.4) is 0 Å². The summed E-state index contributed by atoms with van der Waals surface area (Å²) in [5.74, 6) is -0.944. The Morgan fingerprint density at radius 3 is 2.93 bits per heavy atom. The van der Waals surface area contributed by atoms with Crippen LogP contribution in [0.1, 0.15) is 25.7 Å². The second-order valence-electron chi connectivity index (χ2n) is 3.30. The molecule has 15 heavy (non-hydrogen) atoms. The maximum absolute atomic E-state index is 11.3. The molecule has 2 N–H and O–H groups in total. The van der Waals surface area contributed by atoms with E-state index in [-0.39, 0.29) is 18.9 Å². The Hall–Kier alpha value is -1.43. The molecule has 1 saturated heterocycles. The van der Waals surface area contributed by atoms with E-state index in [0.29, 0.717) is 6.29 Å². The van der Waals surface area contributed by atoms with E-state index in [1.54, 1.807) is 0 Å². The molecule has 0 radical (unpaired) electrons. The lowest BCUT2D eigenvalue weighted by Gasteiger charge is -2.09. The van der Waals surface area contributed by atoms with Crippen molar-refractivity contribution in [1.29, 1.82) is 0 Å².